The van der Waals surface area contributed by atoms with Crippen molar-refractivity contribution in [2.75, 3.05) is 26.4 Å². The predicted molar refractivity (Wildman–Crippen MR) is 83.2 cm³/mol. The number of hydrogen-bond acceptors (Lipinski definition) is 4. The number of aryl methyl sites for hydroxylation is 1. The second-order valence-corrected chi connectivity index (χ2v) is 7.30. The van der Waals surface area contributed by atoms with E-state index in [0.29, 0.717) is 0 Å². The molecule has 0 unspecified atom stereocenters. The summed E-state index contributed by atoms with van der Waals surface area (Å²) < 4.78 is 7.29. The Morgan fingerprint density at radius 2 is 2.05 bits per heavy atom. The number of nitrogens with one attached hydrogen (secondary N) is 1. The fraction of sp³-hybridized carbons (Fsp3) is 0.812. The molecule has 0 saturated carbocycles. The molecule has 1 aliphatic rings. The van der Waals surface area contributed by atoms with E-state index in [1.165, 1.54) is 5.56 Å². The molecule has 2 heterocycles. The Morgan fingerprint density at radius 3 is 2.62 bits per heavy atom. The first-order chi connectivity index (χ1) is 9.86. The van der Waals surface area contributed by atoms with Crippen LogP contribution in [0.3, 0.4) is 0 Å². The largest absolute Gasteiger partial charge is 0.396 e. The van der Waals surface area contributed by atoms with Gasteiger partial charge in [-0.3, -0.25) is 4.68 Å². The molecule has 0 spiro atoms. The Balaban J connectivity index is 1.97. The second-order valence-electron chi connectivity index (χ2n) is 7.30. The van der Waals surface area contributed by atoms with Crippen molar-refractivity contribution in [3.05, 3.63) is 17.5 Å². The summed E-state index contributed by atoms with van der Waals surface area (Å²) in [7, 11) is 1.96. The van der Waals surface area contributed by atoms with Gasteiger partial charge in [-0.05, 0) is 12.8 Å². The van der Waals surface area contributed by atoms with E-state index in [0.717, 1.165) is 44.8 Å². The first-order valence-corrected chi connectivity index (χ1v) is 7.79. The van der Waals surface area contributed by atoms with E-state index in [2.05, 4.69) is 37.4 Å². The topological polar surface area (TPSA) is 59.3 Å². The summed E-state index contributed by atoms with van der Waals surface area (Å²) in [5, 5.41) is 17.8. The van der Waals surface area contributed by atoms with Gasteiger partial charge in [0.2, 0.25) is 0 Å². The van der Waals surface area contributed by atoms with Gasteiger partial charge in [-0.15, -0.1) is 0 Å². The zero-order valence-electron chi connectivity index (χ0n) is 13.8. The average Bonchev–Trinajstić information content (AvgIpc) is 2.81. The van der Waals surface area contributed by atoms with E-state index in [-0.39, 0.29) is 17.4 Å². The highest BCUT2D eigenvalue weighted by Gasteiger charge is 2.31. The van der Waals surface area contributed by atoms with E-state index in [9.17, 15) is 5.11 Å². The lowest BCUT2D eigenvalue weighted by Gasteiger charge is -2.35. The monoisotopic (exact) mass is 295 g/mol. The fourth-order valence-electron chi connectivity index (χ4n) is 2.96. The molecule has 1 saturated heterocycles. The van der Waals surface area contributed by atoms with Gasteiger partial charge in [-0.25, -0.2) is 0 Å². The summed E-state index contributed by atoms with van der Waals surface area (Å²) in [5.74, 6) is 0. The summed E-state index contributed by atoms with van der Waals surface area (Å²) in [6.07, 6.45) is 3.94. The average molecular weight is 295 g/mol. The van der Waals surface area contributed by atoms with E-state index in [1.54, 1.807) is 0 Å². The molecule has 1 aliphatic heterocycles. The van der Waals surface area contributed by atoms with Crippen molar-refractivity contribution >= 4 is 0 Å². The molecule has 0 amide bonds. The highest BCUT2D eigenvalue weighted by Crippen LogP contribution is 2.29. The van der Waals surface area contributed by atoms with Gasteiger partial charge >= 0.3 is 0 Å². The van der Waals surface area contributed by atoms with Crippen LogP contribution in [-0.4, -0.2) is 41.3 Å². The van der Waals surface area contributed by atoms with Crippen LogP contribution in [0.1, 0.15) is 44.9 Å². The molecule has 1 aromatic rings. The van der Waals surface area contributed by atoms with Gasteiger partial charge < -0.3 is 15.2 Å². The maximum atomic E-state index is 9.71. The number of ether oxygens (including phenoxy) is 1. The van der Waals surface area contributed by atoms with Crippen molar-refractivity contribution < 1.29 is 9.84 Å². The molecule has 2 N–H and O–H groups in total. The van der Waals surface area contributed by atoms with Gasteiger partial charge in [-0.1, -0.05) is 20.8 Å². The van der Waals surface area contributed by atoms with Gasteiger partial charge in [0.1, 0.15) is 0 Å². The van der Waals surface area contributed by atoms with Crippen LogP contribution >= 0.6 is 0 Å². The number of aromatic nitrogens is 2. The van der Waals surface area contributed by atoms with Crippen molar-refractivity contribution in [3.63, 3.8) is 0 Å². The van der Waals surface area contributed by atoms with E-state index >= 15 is 0 Å². The Bertz CT molecular complexity index is 457. The Morgan fingerprint density at radius 1 is 1.38 bits per heavy atom. The van der Waals surface area contributed by atoms with Crippen molar-refractivity contribution in [3.8, 4) is 0 Å². The summed E-state index contributed by atoms with van der Waals surface area (Å²) in [4.78, 5) is 0. The third-order valence-electron chi connectivity index (χ3n) is 4.32. The fourth-order valence-corrected chi connectivity index (χ4v) is 2.96. The van der Waals surface area contributed by atoms with Crippen molar-refractivity contribution in [2.45, 2.75) is 45.6 Å². The third kappa shape index (κ3) is 4.05. The summed E-state index contributed by atoms with van der Waals surface area (Å²) in [6.45, 7) is 9.91. The Labute approximate surface area is 127 Å². The number of aliphatic hydroxyl groups excluding tert-OH is 1. The summed E-state index contributed by atoms with van der Waals surface area (Å²) >= 11 is 0. The van der Waals surface area contributed by atoms with Crippen molar-refractivity contribution in [1.82, 2.24) is 15.1 Å². The number of hydrogen-bond donors (Lipinski definition) is 2. The Kier molecular flexibility index (Phi) is 5.07. The molecule has 0 aromatic carbocycles. The minimum Gasteiger partial charge on any atom is -0.396 e. The van der Waals surface area contributed by atoms with Crippen LogP contribution in [0.5, 0.6) is 0 Å². The van der Waals surface area contributed by atoms with Crippen LogP contribution in [0, 0.1) is 5.41 Å². The lowest BCUT2D eigenvalue weighted by atomic mass is 9.81. The standard InChI is InChI=1S/C16H29N3O2/c1-15(2,3)14-13(10-19(4)18-14)9-17-11-16(12-20)5-7-21-8-6-16/h10,17,20H,5-9,11-12H2,1-4H3. The van der Waals surface area contributed by atoms with Gasteiger partial charge in [0.15, 0.2) is 0 Å². The molecule has 2 rings (SSSR count). The molecule has 0 bridgehead atoms. The number of rotatable bonds is 5. The first kappa shape index (κ1) is 16.5. The molecule has 1 aromatic heterocycles. The lowest BCUT2D eigenvalue weighted by molar-refractivity contribution is -0.0154. The minimum absolute atomic E-state index is 0.0254. The first-order valence-electron chi connectivity index (χ1n) is 7.79. The highest BCUT2D eigenvalue weighted by atomic mass is 16.5. The smallest absolute Gasteiger partial charge is 0.0722 e. The molecule has 0 radical (unpaired) electrons. The van der Waals surface area contributed by atoms with E-state index in [4.69, 9.17) is 4.74 Å². The van der Waals surface area contributed by atoms with Crippen molar-refractivity contribution in [1.29, 1.82) is 0 Å². The number of nitrogens with zero attached hydrogens (tertiary/aromatic N) is 2. The third-order valence-corrected chi connectivity index (χ3v) is 4.32. The molecule has 0 atom stereocenters. The molecule has 21 heavy (non-hydrogen) atoms. The normalized spacial score (nSPS) is 18.9. The highest BCUT2D eigenvalue weighted by molar-refractivity contribution is 5.23. The van der Waals surface area contributed by atoms with Crippen LogP contribution in [0.25, 0.3) is 0 Å². The molecule has 0 aliphatic carbocycles. The van der Waals surface area contributed by atoms with Gasteiger partial charge in [0.05, 0.1) is 12.3 Å². The van der Waals surface area contributed by atoms with Crippen LogP contribution in [-0.2, 0) is 23.7 Å². The van der Waals surface area contributed by atoms with Gasteiger partial charge in [-0.2, -0.15) is 5.10 Å². The van der Waals surface area contributed by atoms with Crippen LogP contribution in [0.15, 0.2) is 6.20 Å². The summed E-state index contributed by atoms with van der Waals surface area (Å²) in [5.41, 5.74) is 2.40. The molecule has 5 heteroatoms. The van der Waals surface area contributed by atoms with Crippen LogP contribution < -0.4 is 5.32 Å². The molecular weight excluding hydrogens is 266 g/mol. The molecule has 1 fully saturated rings. The van der Waals surface area contributed by atoms with Crippen LogP contribution in [0.2, 0.25) is 0 Å². The molecule has 5 nitrogen and oxygen atoms in total. The van der Waals surface area contributed by atoms with E-state index < -0.39 is 0 Å². The van der Waals surface area contributed by atoms with Gasteiger partial charge in [0.25, 0.3) is 0 Å². The maximum absolute atomic E-state index is 9.71. The molecule has 120 valence electrons. The lowest BCUT2D eigenvalue weighted by Crippen LogP contribution is -2.41. The van der Waals surface area contributed by atoms with Crippen molar-refractivity contribution in [2.24, 2.45) is 12.5 Å². The number of aliphatic hydroxyl groups is 1. The van der Waals surface area contributed by atoms with Gasteiger partial charge in [0, 0.05) is 55.9 Å². The zero-order chi connectivity index (χ0) is 15.5. The quantitative estimate of drug-likeness (QED) is 0.866. The second kappa shape index (κ2) is 6.46. The predicted octanol–water partition coefficient (Wildman–Crippen LogP) is 1.60. The zero-order valence-corrected chi connectivity index (χ0v) is 13.8. The maximum Gasteiger partial charge on any atom is 0.0722 e. The van der Waals surface area contributed by atoms with E-state index in [1.807, 2.05) is 11.7 Å². The molecular formula is C16H29N3O2. The SMILES string of the molecule is Cn1cc(CNCC2(CO)CCOCC2)c(C(C)(C)C)n1. The summed E-state index contributed by atoms with van der Waals surface area (Å²) in [6, 6.07) is 0. The Hall–Kier alpha value is -0.910. The van der Waals surface area contributed by atoms with Crippen LogP contribution in [0.4, 0.5) is 0 Å². The minimum atomic E-state index is -0.0254.